The highest BCUT2D eigenvalue weighted by Crippen LogP contribution is 2.41. The molecule has 1 fully saturated rings. The first-order valence-corrected chi connectivity index (χ1v) is 8.06. The molecular weight excluding hydrogens is 268 g/mol. The van der Waals surface area contributed by atoms with Crippen molar-refractivity contribution in [2.75, 3.05) is 31.5 Å². The molecule has 0 amide bonds. The van der Waals surface area contributed by atoms with Crippen molar-refractivity contribution in [2.45, 2.75) is 11.4 Å². The summed E-state index contributed by atoms with van der Waals surface area (Å²) in [6.45, 7) is 0. The molecule has 5 heteroatoms. The zero-order chi connectivity index (χ0) is 13.0. The van der Waals surface area contributed by atoms with E-state index < -0.39 is 6.10 Å². The lowest BCUT2D eigenvalue weighted by Crippen LogP contribution is -2.23. The summed E-state index contributed by atoms with van der Waals surface area (Å²) in [5.74, 6) is 4.60. The molecule has 18 heavy (non-hydrogen) atoms. The molecule has 2 atom stereocenters. The lowest BCUT2D eigenvalue weighted by Gasteiger charge is -2.28. The molecule has 0 aromatic heterocycles. The summed E-state index contributed by atoms with van der Waals surface area (Å²) in [6.07, 6.45) is -0.547. The van der Waals surface area contributed by atoms with Gasteiger partial charge in [0.15, 0.2) is 0 Å². The lowest BCUT2D eigenvalue weighted by atomic mass is 10.0. The molecule has 1 aromatic rings. The maximum atomic E-state index is 10.6. The molecule has 0 saturated carbocycles. The van der Waals surface area contributed by atoms with Crippen molar-refractivity contribution in [2.24, 2.45) is 0 Å². The molecule has 0 spiro atoms. The van der Waals surface area contributed by atoms with Crippen molar-refractivity contribution in [3.05, 3.63) is 23.8 Å². The number of aliphatic hydroxyl groups excluding tert-OH is 1. The van der Waals surface area contributed by atoms with Gasteiger partial charge in [-0.15, -0.1) is 0 Å². The zero-order valence-electron chi connectivity index (χ0n) is 10.6. The molecule has 1 aromatic carbocycles. The zero-order valence-corrected chi connectivity index (χ0v) is 12.2. The number of hydrogen-bond acceptors (Lipinski definition) is 5. The number of benzene rings is 1. The van der Waals surface area contributed by atoms with Crippen LogP contribution in [0.2, 0.25) is 0 Å². The Morgan fingerprint density at radius 2 is 1.89 bits per heavy atom. The van der Waals surface area contributed by atoms with Gasteiger partial charge in [-0.05, 0) is 12.1 Å². The van der Waals surface area contributed by atoms with Gasteiger partial charge in [-0.1, -0.05) is 6.07 Å². The van der Waals surface area contributed by atoms with Crippen molar-refractivity contribution >= 4 is 23.5 Å². The van der Waals surface area contributed by atoms with Gasteiger partial charge in [0.1, 0.15) is 11.5 Å². The summed E-state index contributed by atoms with van der Waals surface area (Å²) in [6, 6.07) is 5.60. The molecule has 1 aliphatic rings. The van der Waals surface area contributed by atoms with Crippen molar-refractivity contribution in [3.63, 3.8) is 0 Å². The van der Waals surface area contributed by atoms with Crippen LogP contribution in [-0.2, 0) is 0 Å². The van der Waals surface area contributed by atoms with Crippen molar-refractivity contribution < 1.29 is 14.6 Å². The number of aliphatic hydroxyl groups is 1. The Bertz CT molecular complexity index is 370. The molecule has 0 radical (unpaired) electrons. The third kappa shape index (κ3) is 2.90. The second kappa shape index (κ2) is 6.59. The maximum Gasteiger partial charge on any atom is 0.128 e. The van der Waals surface area contributed by atoms with Gasteiger partial charge in [0.25, 0.3) is 0 Å². The molecule has 100 valence electrons. The van der Waals surface area contributed by atoms with E-state index in [-0.39, 0.29) is 5.25 Å². The maximum absolute atomic E-state index is 10.6. The van der Waals surface area contributed by atoms with E-state index in [1.54, 1.807) is 14.2 Å². The SMILES string of the molecule is COc1cccc(OC)c1C(O)C1CSCCS1. The predicted molar refractivity (Wildman–Crippen MR) is 78.1 cm³/mol. The van der Waals surface area contributed by atoms with Gasteiger partial charge in [-0.25, -0.2) is 0 Å². The first-order valence-electron chi connectivity index (χ1n) is 5.86. The van der Waals surface area contributed by atoms with E-state index in [0.717, 1.165) is 22.8 Å². The molecule has 0 aliphatic carbocycles. The van der Waals surface area contributed by atoms with E-state index in [9.17, 15) is 5.11 Å². The summed E-state index contributed by atoms with van der Waals surface area (Å²) in [7, 11) is 3.24. The van der Waals surface area contributed by atoms with Gasteiger partial charge >= 0.3 is 0 Å². The topological polar surface area (TPSA) is 38.7 Å². The van der Waals surface area contributed by atoms with E-state index in [2.05, 4.69) is 0 Å². The largest absolute Gasteiger partial charge is 0.496 e. The molecule has 1 N–H and O–H groups in total. The van der Waals surface area contributed by atoms with Crippen LogP contribution in [0, 0.1) is 0 Å². The van der Waals surface area contributed by atoms with E-state index in [4.69, 9.17) is 9.47 Å². The van der Waals surface area contributed by atoms with Gasteiger partial charge in [-0.3, -0.25) is 0 Å². The lowest BCUT2D eigenvalue weighted by molar-refractivity contribution is 0.171. The second-order valence-corrected chi connectivity index (χ2v) is 6.50. The van der Waals surface area contributed by atoms with Crippen molar-refractivity contribution in [1.29, 1.82) is 0 Å². The number of thioether (sulfide) groups is 2. The molecule has 1 aliphatic heterocycles. The van der Waals surface area contributed by atoms with E-state index >= 15 is 0 Å². The quantitative estimate of drug-likeness (QED) is 0.921. The highest BCUT2D eigenvalue weighted by molar-refractivity contribution is 8.06. The van der Waals surface area contributed by atoms with Gasteiger partial charge in [-0.2, -0.15) is 23.5 Å². The van der Waals surface area contributed by atoms with Gasteiger partial charge < -0.3 is 14.6 Å². The Morgan fingerprint density at radius 1 is 1.22 bits per heavy atom. The average Bonchev–Trinajstić information content (AvgIpc) is 2.46. The van der Waals surface area contributed by atoms with Crippen LogP contribution in [0.3, 0.4) is 0 Å². The van der Waals surface area contributed by atoms with Crippen LogP contribution in [0.5, 0.6) is 11.5 Å². The Labute approximate surface area is 116 Å². The highest BCUT2D eigenvalue weighted by atomic mass is 32.2. The highest BCUT2D eigenvalue weighted by Gasteiger charge is 2.28. The molecule has 1 heterocycles. The van der Waals surface area contributed by atoms with Crippen LogP contribution >= 0.6 is 23.5 Å². The van der Waals surface area contributed by atoms with Crippen LogP contribution in [0.15, 0.2) is 18.2 Å². The van der Waals surface area contributed by atoms with Crippen molar-refractivity contribution in [3.8, 4) is 11.5 Å². The molecule has 2 rings (SSSR count). The van der Waals surface area contributed by atoms with Crippen LogP contribution in [0.25, 0.3) is 0 Å². The summed E-state index contributed by atoms with van der Waals surface area (Å²) >= 11 is 3.71. The van der Waals surface area contributed by atoms with Gasteiger partial charge in [0.05, 0.1) is 25.9 Å². The Kier molecular flexibility index (Phi) is 5.09. The summed E-state index contributed by atoms with van der Waals surface area (Å²) in [5, 5.41) is 10.8. The Balaban J connectivity index is 2.29. The third-order valence-corrected chi connectivity index (χ3v) is 5.81. The molecule has 1 saturated heterocycles. The van der Waals surface area contributed by atoms with Crippen LogP contribution in [0.1, 0.15) is 11.7 Å². The monoisotopic (exact) mass is 286 g/mol. The molecule has 3 nitrogen and oxygen atoms in total. The fraction of sp³-hybridized carbons (Fsp3) is 0.538. The van der Waals surface area contributed by atoms with Crippen molar-refractivity contribution in [1.82, 2.24) is 0 Å². The minimum atomic E-state index is -0.547. The minimum absolute atomic E-state index is 0.203. The smallest absolute Gasteiger partial charge is 0.128 e. The minimum Gasteiger partial charge on any atom is -0.496 e. The standard InChI is InChI=1S/C13H18O3S2/c1-15-9-4-3-5-10(16-2)12(9)13(14)11-8-17-6-7-18-11/h3-5,11,13-14H,6-8H2,1-2H3. The van der Waals surface area contributed by atoms with Gasteiger partial charge in [0, 0.05) is 22.5 Å². The Hall–Kier alpha value is -0.520. The fourth-order valence-electron chi connectivity index (χ4n) is 2.05. The van der Waals surface area contributed by atoms with Crippen LogP contribution < -0.4 is 9.47 Å². The van der Waals surface area contributed by atoms with E-state index in [1.165, 1.54) is 0 Å². The first-order chi connectivity index (χ1) is 8.77. The number of ether oxygens (including phenoxy) is 2. The molecular formula is C13H18O3S2. The van der Waals surface area contributed by atoms with E-state index in [1.807, 2.05) is 41.7 Å². The summed E-state index contributed by atoms with van der Waals surface area (Å²) in [4.78, 5) is 0. The average molecular weight is 286 g/mol. The van der Waals surface area contributed by atoms with E-state index in [0.29, 0.717) is 11.5 Å². The summed E-state index contributed by atoms with van der Waals surface area (Å²) in [5.41, 5.74) is 0.766. The first kappa shape index (κ1) is 13.9. The number of rotatable bonds is 4. The second-order valence-electron chi connectivity index (χ2n) is 4.01. The van der Waals surface area contributed by atoms with Gasteiger partial charge in [0.2, 0.25) is 0 Å². The predicted octanol–water partition coefficient (Wildman–Crippen LogP) is 2.59. The number of hydrogen-bond donors (Lipinski definition) is 1. The summed E-state index contributed by atoms with van der Waals surface area (Å²) < 4.78 is 10.7. The normalized spacial score (nSPS) is 21.4. The third-order valence-electron chi connectivity index (χ3n) is 2.96. The van der Waals surface area contributed by atoms with Crippen LogP contribution in [-0.4, -0.2) is 41.8 Å². The van der Waals surface area contributed by atoms with Crippen LogP contribution in [0.4, 0.5) is 0 Å². The number of methoxy groups -OCH3 is 2. The molecule has 0 bridgehead atoms. The fourth-order valence-corrected chi connectivity index (χ4v) is 4.78. The Morgan fingerprint density at radius 3 is 2.39 bits per heavy atom. The molecule has 2 unspecified atom stereocenters.